The van der Waals surface area contributed by atoms with Crippen molar-refractivity contribution in [3.8, 4) is 5.75 Å². The van der Waals surface area contributed by atoms with Crippen molar-refractivity contribution in [1.29, 1.82) is 0 Å². The van der Waals surface area contributed by atoms with E-state index in [2.05, 4.69) is 26.2 Å². The Kier molecular flexibility index (Phi) is 4.72. The number of methoxy groups -OCH3 is 1. The van der Waals surface area contributed by atoms with Crippen molar-refractivity contribution in [1.82, 2.24) is 4.98 Å². The number of pyridine rings is 1. The van der Waals surface area contributed by atoms with Crippen molar-refractivity contribution in [3.05, 3.63) is 52.3 Å². The van der Waals surface area contributed by atoms with Crippen LogP contribution in [0, 0.1) is 0 Å². The lowest BCUT2D eigenvalue weighted by Gasteiger charge is -2.15. The summed E-state index contributed by atoms with van der Waals surface area (Å²) in [6.07, 6.45) is -1.25. The van der Waals surface area contributed by atoms with Gasteiger partial charge in [0.2, 0.25) is 0 Å². The molecule has 0 fully saturated rings. The van der Waals surface area contributed by atoms with Gasteiger partial charge in [0, 0.05) is 29.1 Å². The molecule has 0 unspecified atom stereocenters. The number of ether oxygens (including phenoxy) is 1. The maximum absolute atomic E-state index is 13.0. The Labute approximate surface area is 128 Å². The van der Waals surface area contributed by atoms with Gasteiger partial charge < -0.3 is 10.1 Å². The largest absolute Gasteiger partial charge is 0.497 e. The molecule has 3 nitrogen and oxygen atoms in total. The summed E-state index contributed by atoms with van der Waals surface area (Å²) in [7, 11) is 1.33. The van der Waals surface area contributed by atoms with E-state index in [4.69, 9.17) is 4.74 Å². The van der Waals surface area contributed by atoms with Crippen LogP contribution in [0.15, 0.2) is 41.1 Å². The van der Waals surface area contributed by atoms with E-state index in [0.29, 0.717) is 0 Å². The highest BCUT2D eigenvalue weighted by Gasteiger charge is 2.34. The minimum absolute atomic E-state index is 0.00303. The fraction of sp³-hybridized carbons (Fsp3) is 0.214. The van der Waals surface area contributed by atoms with E-state index in [-0.39, 0.29) is 18.0 Å². The first kappa shape index (κ1) is 15.6. The smallest absolute Gasteiger partial charge is 0.418 e. The van der Waals surface area contributed by atoms with Crippen LogP contribution in [0.2, 0.25) is 0 Å². The van der Waals surface area contributed by atoms with Crippen LogP contribution >= 0.6 is 15.9 Å². The van der Waals surface area contributed by atoms with E-state index in [1.54, 1.807) is 18.5 Å². The van der Waals surface area contributed by atoms with E-state index >= 15 is 0 Å². The molecule has 0 saturated carbocycles. The fourth-order valence-electron chi connectivity index (χ4n) is 1.79. The number of benzene rings is 1. The number of halogens is 4. The molecule has 112 valence electrons. The van der Waals surface area contributed by atoms with Gasteiger partial charge in [-0.1, -0.05) is 0 Å². The topological polar surface area (TPSA) is 34.1 Å². The van der Waals surface area contributed by atoms with Crippen LogP contribution < -0.4 is 10.1 Å². The molecule has 1 aromatic heterocycles. The summed E-state index contributed by atoms with van der Waals surface area (Å²) in [6.45, 7) is 0.238. The maximum atomic E-state index is 13.0. The second-order valence-corrected chi connectivity index (χ2v) is 5.19. The van der Waals surface area contributed by atoms with Gasteiger partial charge in [0.15, 0.2) is 0 Å². The van der Waals surface area contributed by atoms with Crippen LogP contribution in [-0.4, -0.2) is 12.1 Å². The first-order valence-electron chi connectivity index (χ1n) is 5.98. The normalized spacial score (nSPS) is 11.3. The lowest BCUT2D eigenvalue weighted by Crippen LogP contribution is -2.11. The Balaban J connectivity index is 2.23. The summed E-state index contributed by atoms with van der Waals surface area (Å²) in [5.41, 5.74) is 0.0152. The van der Waals surface area contributed by atoms with Crippen molar-refractivity contribution in [3.63, 3.8) is 0 Å². The van der Waals surface area contributed by atoms with Gasteiger partial charge in [-0.3, -0.25) is 4.98 Å². The Morgan fingerprint density at radius 3 is 2.62 bits per heavy atom. The zero-order valence-corrected chi connectivity index (χ0v) is 12.6. The van der Waals surface area contributed by atoms with Crippen LogP contribution in [0.4, 0.5) is 18.9 Å². The van der Waals surface area contributed by atoms with Crippen molar-refractivity contribution in [2.75, 3.05) is 12.4 Å². The van der Waals surface area contributed by atoms with Crippen LogP contribution in [0.1, 0.15) is 11.1 Å². The predicted octanol–water partition coefficient (Wildman–Crippen LogP) is 4.48. The highest BCUT2D eigenvalue weighted by molar-refractivity contribution is 9.10. The molecule has 0 atom stereocenters. The summed E-state index contributed by atoms with van der Waals surface area (Å²) >= 11 is 3.27. The Bertz CT molecular complexity index is 632. The van der Waals surface area contributed by atoms with Gasteiger partial charge in [0.05, 0.1) is 12.7 Å². The zero-order valence-electron chi connectivity index (χ0n) is 11.0. The number of nitrogens with one attached hydrogen (secondary N) is 1. The Hall–Kier alpha value is -1.76. The minimum Gasteiger partial charge on any atom is -0.497 e. The van der Waals surface area contributed by atoms with Crippen LogP contribution in [0.25, 0.3) is 0 Å². The Morgan fingerprint density at radius 2 is 2.00 bits per heavy atom. The SMILES string of the molecule is COc1ccc(NCc2cncc(Br)c2)c(C(F)(F)F)c1. The molecule has 21 heavy (non-hydrogen) atoms. The molecule has 1 N–H and O–H groups in total. The molecule has 0 aliphatic carbocycles. The average molecular weight is 361 g/mol. The average Bonchev–Trinajstić information content (AvgIpc) is 2.44. The van der Waals surface area contributed by atoms with Gasteiger partial charge in [-0.2, -0.15) is 13.2 Å². The minimum atomic E-state index is -4.45. The number of rotatable bonds is 4. The first-order chi connectivity index (χ1) is 9.90. The van der Waals surface area contributed by atoms with Gasteiger partial charge in [-0.05, 0) is 45.8 Å². The number of hydrogen-bond acceptors (Lipinski definition) is 3. The molecular formula is C14H12BrF3N2O. The summed E-state index contributed by atoms with van der Waals surface area (Å²) in [4.78, 5) is 3.97. The van der Waals surface area contributed by atoms with E-state index < -0.39 is 11.7 Å². The zero-order chi connectivity index (χ0) is 15.5. The molecule has 7 heteroatoms. The fourth-order valence-corrected chi connectivity index (χ4v) is 2.20. The molecule has 2 aromatic rings. The van der Waals surface area contributed by atoms with Crippen LogP contribution in [0.3, 0.4) is 0 Å². The number of hydrogen-bond donors (Lipinski definition) is 1. The molecule has 0 radical (unpaired) electrons. The highest BCUT2D eigenvalue weighted by atomic mass is 79.9. The Morgan fingerprint density at radius 1 is 1.24 bits per heavy atom. The summed E-state index contributed by atoms with van der Waals surface area (Å²) in [6, 6.07) is 5.60. The summed E-state index contributed by atoms with van der Waals surface area (Å²) in [5, 5.41) is 2.78. The number of alkyl halides is 3. The third kappa shape index (κ3) is 4.10. The number of anilines is 1. The molecule has 2 rings (SSSR count). The van der Waals surface area contributed by atoms with Gasteiger partial charge in [0.25, 0.3) is 0 Å². The molecule has 0 amide bonds. The highest BCUT2D eigenvalue weighted by Crippen LogP contribution is 2.37. The molecular weight excluding hydrogens is 349 g/mol. The van der Waals surface area contributed by atoms with Crippen molar-refractivity contribution >= 4 is 21.6 Å². The van der Waals surface area contributed by atoms with Crippen molar-refractivity contribution < 1.29 is 17.9 Å². The predicted molar refractivity (Wildman–Crippen MR) is 77.3 cm³/mol. The van der Waals surface area contributed by atoms with Gasteiger partial charge in [-0.15, -0.1) is 0 Å². The quantitative estimate of drug-likeness (QED) is 0.872. The summed E-state index contributed by atoms with van der Waals surface area (Å²) < 4.78 is 44.7. The second kappa shape index (κ2) is 6.34. The van der Waals surface area contributed by atoms with Gasteiger partial charge in [0.1, 0.15) is 5.75 Å². The van der Waals surface area contributed by atoms with Gasteiger partial charge >= 0.3 is 6.18 Å². The van der Waals surface area contributed by atoms with E-state index in [1.807, 2.05) is 0 Å². The molecule has 0 bridgehead atoms. The molecule has 1 heterocycles. The first-order valence-corrected chi connectivity index (χ1v) is 6.78. The monoisotopic (exact) mass is 360 g/mol. The van der Waals surface area contributed by atoms with Crippen molar-refractivity contribution in [2.45, 2.75) is 12.7 Å². The summed E-state index contributed by atoms with van der Waals surface area (Å²) in [5.74, 6) is 0.164. The van der Waals surface area contributed by atoms with E-state index in [1.165, 1.54) is 19.2 Å². The standard InChI is InChI=1S/C14H12BrF3N2O/c1-21-11-2-3-13(12(5-11)14(16,17)18)20-7-9-4-10(15)8-19-6-9/h2-6,8,20H,7H2,1H3. The second-order valence-electron chi connectivity index (χ2n) is 4.27. The molecule has 0 aliphatic rings. The van der Waals surface area contributed by atoms with Crippen molar-refractivity contribution in [2.24, 2.45) is 0 Å². The molecule has 0 saturated heterocycles. The van der Waals surface area contributed by atoms with Crippen LogP contribution in [0.5, 0.6) is 5.75 Å². The lowest BCUT2D eigenvalue weighted by atomic mass is 10.1. The van der Waals surface area contributed by atoms with Gasteiger partial charge in [-0.25, -0.2) is 0 Å². The van der Waals surface area contributed by atoms with E-state index in [0.717, 1.165) is 16.1 Å². The van der Waals surface area contributed by atoms with Crippen LogP contribution in [-0.2, 0) is 12.7 Å². The third-order valence-electron chi connectivity index (χ3n) is 2.78. The lowest BCUT2D eigenvalue weighted by molar-refractivity contribution is -0.137. The number of nitrogens with zero attached hydrogens (tertiary/aromatic N) is 1. The molecule has 0 aliphatic heterocycles. The third-order valence-corrected chi connectivity index (χ3v) is 3.21. The maximum Gasteiger partial charge on any atom is 0.418 e. The number of aromatic nitrogens is 1. The molecule has 1 aromatic carbocycles. The van der Waals surface area contributed by atoms with E-state index in [9.17, 15) is 13.2 Å². The molecule has 0 spiro atoms.